The van der Waals surface area contributed by atoms with Crippen molar-refractivity contribution < 1.29 is 5.11 Å². The fourth-order valence-corrected chi connectivity index (χ4v) is 2.96. The molecule has 0 aromatic rings. The number of aliphatic hydroxyl groups excluding tert-OH is 1. The normalized spacial score (nSPS) is 28.0. The maximum absolute atomic E-state index is 9.65. The van der Waals surface area contributed by atoms with Gasteiger partial charge in [-0.3, -0.25) is 0 Å². The Hall–Kier alpha value is -0.120. The Morgan fingerprint density at radius 3 is 2.39 bits per heavy atom. The number of hydrogen-bond donors (Lipinski definition) is 2. The molecule has 3 nitrogen and oxygen atoms in total. The van der Waals surface area contributed by atoms with E-state index in [0.29, 0.717) is 11.5 Å². The van der Waals surface area contributed by atoms with Gasteiger partial charge in [0.1, 0.15) is 0 Å². The third kappa shape index (κ3) is 3.69. The van der Waals surface area contributed by atoms with Crippen LogP contribution in [0.25, 0.3) is 0 Å². The van der Waals surface area contributed by atoms with Crippen LogP contribution >= 0.6 is 0 Å². The van der Waals surface area contributed by atoms with Crippen LogP contribution in [0.15, 0.2) is 0 Å². The molecule has 1 unspecified atom stereocenters. The lowest BCUT2D eigenvalue weighted by Crippen LogP contribution is -2.56. The van der Waals surface area contributed by atoms with Crippen LogP contribution in [0.4, 0.5) is 0 Å². The smallest absolute Gasteiger partial charge is 0.0623 e. The number of rotatable bonds is 6. The van der Waals surface area contributed by atoms with Gasteiger partial charge < -0.3 is 15.3 Å². The largest absolute Gasteiger partial charge is 0.394 e. The van der Waals surface area contributed by atoms with Gasteiger partial charge in [-0.25, -0.2) is 0 Å². The van der Waals surface area contributed by atoms with Gasteiger partial charge in [0.05, 0.1) is 12.1 Å². The molecular formula is C15H30N2O. The monoisotopic (exact) mass is 254 g/mol. The van der Waals surface area contributed by atoms with E-state index >= 15 is 0 Å². The summed E-state index contributed by atoms with van der Waals surface area (Å²) in [5, 5.41) is 13.3. The first kappa shape index (κ1) is 14.3. The fraction of sp³-hybridized carbons (Fsp3) is 1.00. The number of nitrogens with one attached hydrogen (secondary N) is 1. The molecule has 0 amide bonds. The van der Waals surface area contributed by atoms with Gasteiger partial charge >= 0.3 is 0 Å². The minimum Gasteiger partial charge on any atom is -0.394 e. The second-order valence-electron chi connectivity index (χ2n) is 7.08. The van der Waals surface area contributed by atoms with Gasteiger partial charge in [-0.1, -0.05) is 20.3 Å². The van der Waals surface area contributed by atoms with E-state index in [1.165, 1.54) is 45.2 Å². The number of piperidine rings is 1. The lowest BCUT2D eigenvalue weighted by molar-refractivity contribution is 0.0675. The minimum atomic E-state index is -0.110. The van der Waals surface area contributed by atoms with Crippen LogP contribution in [-0.2, 0) is 0 Å². The van der Waals surface area contributed by atoms with Crippen molar-refractivity contribution in [1.29, 1.82) is 0 Å². The predicted octanol–water partition coefficient (Wildman–Crippen LogP) is 2.00. The maximum atomic E-state index is 9.65. The molecule has 106 valence electrons. The van der Waals surface area contributed by atoms with Gasteiger partial charge in [0.2, 0.25) is 0 Å². The van der Waals surface area contributed by atoms with E-state index in [2.05, 4.69) is 31.0 Å². The Labute approximate surface area is 112 Å². The quantitative estimate of drug-likeness (QED) is 0.761. The first-order valence-electron chi connectivity index (χ1n) is 7.59. The minimum absolute atomic E-state index is 0.110. The molecule has 0 aromatic carbocycles. The van der Waals surface area contributed by atoms with Crippen LogP contribution in [0.1, 0.15) is 52.9 Å². The van der Waals surface area contributed by atoms with Crippen molar-refractivity contribution in [2.45, 2.75) is 64.5 Å². The molecule has 2 N–H and O–H groups in total. The molecule has 1 aliphatic heterocycles. The lowest BCUT2D eigenvalue weighted by Gasteiger charge is -2.42. The molecule has 0 radical (unpaired) electrons. The summed E-state index contributed by atoms with van der Waals surface area (Å²) in [4.78, 5) is 2.53. The highest BCUT2D eigenvalue weighted by molar-refractivity contribution is 4.95. The van der Waals surface area contributed by atoms with Crippen LogP contribution in [0.5, 0.6) is 0 Å². The highest BCUT2D eigenvalue weighted by atomic mass is 16.3. The van der Waals surface area contributed by atoms with Crippen molar-refractivity contribution in [2.75, 3.05) is 26.2 Å². The standard InChI is InChI=1S/C15H30N2O/c1-4-14(2)7-9-17(10-8-14)11-15(3,12-18)16-13-5-6-13/h13,16,18H,4-12H2,1-3H3. The van der Waals surface area contributed by atoms with E-state index in [4.69, 9.17) is 0 Å². The number of likely N-dealkylation sites (tertiary alicyclic amines) is 1. The average Bonchev–Trinajstić information content (AvgIpc) is 3.16. The molecule has 18 heavy (non-hydrogen) atoms. The molecule has 3 heteroatoms. The summed E-state index contributed by atoms with van der Waals surface area (Å²) >= 11 is 0. The third-order valence-electron chi connectivity index (χ3n) is 4.97. The summed E-state index contributed by atoms with van der Waals surface area (Å²) in [6, 6.07) is 0.660. The molecule has 0 aromatic heterocycles. The molecule has 1 saturated carbocycles. The SMILES string of the molecule is CCC1(C)CCN(CC(C)(CO)NC2CC2)CC1. The molecule has 2 aliphatic rings. The number of aliphatic hydroxyl groups is 1. The highest BCUT2D eigenvalue weighted by Gasteiger charge is 2.35. The van der Waals surface area contributed by atoms with Crippen LogP contribution in [0, 0.1) is 5.41 Å². The van der Waals surface area contributed by atoms with Gasteiger partial charge in [-0.15, -0.1) is 0 Å². The Bertz CT molecular complexity index is 270. The summed E-state index contributed by atoms with van der Waals surface area (Å²) in [5.41, 5.74) is 0.442. The second kappa shape index (κ2) is 5.48. The van der Waals surface area contributed by atoms with Crippen molar-refractivity contribution >= 4 is 0 Å². The topological polar surface area (TPSA) is 35.5 Å². The first-order chi connectivity index (χ1) is 8.49. The highest BCUT2D eigenvalue weighted by Crippen LogP contribution is 2.34. The zero-order valence-corrected chi connectivity index (χ0v) is 12.3. The maximum Gasteiger partial charge on any atom is 0.0623 e. The van der Waals surface area contributed by atoms with Crippen molar-refractivity contribution in [3.8, 4) is 0 Å². The van der Waals surface area contributed by atoms with E-state index < -0.39 is 0 Å². The Morgan fingerprint density at radius 2 is 1.94 bits per heavy atom. The number of hydrogen-bond acceptors (Lipinski definition) is 3. The van der Waals surface area contributed by atoms with E-state index in [9.17, 15) is 5.11 Å². The van der Waals surface area contributed by atoms with Crippen molar-refractivity contribution in [2.24, 2.45) is 5.41 Å². The van der Waals surface area contributed by atoms with Gasteiger partial charge in [0.15, 0.2) is 0 Å². The van der Waals surface area contributed by atoms with Crippen LogP contribution < -0.4 is 5.32 Å². The van der Waals surface area contributed by atoms with E-state index in [0.717, 1.165) is 6.54 Å². The first-order valence-corrected chi connectivity index (χ1v) is 7.59. The zero-order chi connectivity index (χ0) is 13.2. The summed E-state index contributed by atoms with van der Waals surface area (Å²) in [6.07, 6.45) is 6.45. The molecule has 1 saturated heterocycles. The molecular weight excluding hydrogens is 224 g/mol. The van der Waals surface area contributed by atoms with Crippen LogP contribution in [-0.4, -0.2) is 47.8 Å². The molecule has 1 aliphatic carbocycles. The van der Waals surface area contributed by atoms with Gasteiger partial charge in [0, 0.05) is 12.6 Å². The summed E-state index contributed by atoms with van der Waals surface area (Å²) in [7, 11) is 0. The zero-order valence-electron chi connectivity index (χ0n) is 12.3. The summed E-state index contributed by atoms with van der Waals surface area (Å²) < 4.78 is 0. The molecule has 0 spiro atoms. The Morgan fingerprint density at radius 1 is 1.33 bits per heavy atom. The van der Waals surface area contributed by atoms with E-state index in [1.54, 1.807) is 0 Å². The summed E-state index contributed by atoms with van der Waals surface area (Å²) in [5.74, 6) is 0. The third-order valence-corrected chi connectivity index (χ3v) is 4.97. The molecule has 0 bridgehead atoms. The summed E-state index contributed by atoms with van der Waals surface area (Å²) in [6.45, 7) is 10.5. The lowest BCUT2D eigenvalue weighted by atomic mass is 9.78. The van der Waals surface area contributed by atoms with Crippen LogP contribution in [0.3, 0.4) is 0 Å². The molecule has 2 fully saturated rings. The fourth-order valence-electron chi connectivity index (χ4n) is 2.96. The average molecular weight is 254 g/mol. The van der Waals surface area contributed by atoms with Gasteiger partial charge in [-0.2, -0.15) is 0 Å². The molecule has 2 rings (SSSR count). The predicted molar refractivity (Wildman–Crippen MR) is 75.7 cm³/mol. The van der Waals surface area contributed by atoms with Gasteiger partial charge in [0.25, 0.3) is 0 Å². The van der Waals surface area contributed by atoms with Crippen molar-refractivity contribution in [1.82, 2.24) is 10.2 Å². The van der Waals surface area contributed by atoms with E-state index in [-0.39, 0.29) is 12.1 Å². The van der Waals surface area contributed by atoms with Crippen molar-refractivity contribution in [3.63, 3.8) is 0 Å². The van der Waals surface area contributed by atoms with Crippen LogP contribution in [0.2, 0.25) is 0 Å². The Balaban J connectivity index is 1.81. The Kier molecular flexibility index (Phi) is 4.35. The molecule has 1 heterocycles. The van der Waals surface area contributed by atoms with Crippen molar-refractivity contribution in [3.05, 3.63) is 0 Å². The van der Waals surface area contributed by atoms with Gasteiger partial charge in [-0.05, 0) is 51.1 Å². The molecule has 1 atom stereocenters. The second-order valence-corrected chi connectivity index (χ2v) is 7.08. The number of nitrogens with zero attached hydrogens (tertiary/aromatic N) is 1. The van der Waals surface area contributed by atoms with E-state index in [1.807, 2.05) is 0 Å².